The Morgan fingerprint density at radius 2 is 2.26 bits per heavy atom. The van der Waals surface area contributed by atoms with E-state index in [1.54, 1.807) is 12.5 Å². The van der Waals surface area contributed by atoms with Gasteiger partial charge in [-0.25, -0.2) is 9.97 Å². The molecular formula is C19H27N7O. The highest BCUT2D eigenvalue weighted by molar-refractivity contribution is 5.77. The van der Waals surface area contributed by atoms with E-state index in [0.717, 1.165) is 69.3 Å². The highest BCUT2D eigenvalue weighted by Gasteiger charge is 2.42. The van der Waals surface area contributed by atoms with E-state index in [1.807, 2.05) is 24.2 Å². The summed E-state index contributed by atoms with van der Waals surface area (Å²) in [6.45, 7) is 3.45. The molecular weight excluding hydrogens is 342 g/mol. The van der Waals surface area contributed by atoms with Crippen LogP contribution in [0.25, 0.3) is 0 Å². The second-order valence-electron chi connectivity index (χ2n) is 7.66. The van der Waals surface area contributed by atoms with Gasteiger partial charge < -0.3 is 20.1 Å². The van der Waals surface area contributed by atoms with Gasteiger partial charge in [-0.1, -0.05) is 0 Å². The lowest BCUT2D eigenvalue weighted by atomic mass is 9.73. The minimum Gasteiger partial charge on any atom is -0.373 e. The molecule has 2 N–H and O–H groups in total. The molecule has 0 radical (unpaired) electrons. The van der Waals surface area contributed by atoms with E-state index in [-0.39, 0.29) is 11.3 Å². The average Bonchev–Trinajstić information content (AvgIpc) is 3.23. The summed E-state index contributed by atoms with van der Waals surface area (Å²) in [6, 6.07) is 1.87. The molecule has 2 aliphatic heterocycles. The molecule has 27 heavy (non-hydrogen) atoms. The van der Waals surface area contributed by atoms with Crippen LogP contribution < -0.4 is 10.2 Å². The summed E-state index contributed by atoms with van der Waals surface area (Å²) in [6.07, 6.45) is 9.99. The lowest BCUT2D eigenvalue weighted by molar-refractivity contribution is -0.137. The summed E-state index contributed by atoms with van der Waals surface area (Å²) in [7, 11) is 1.87. The molecule has 144 valence electrons. The number of likely N-dealkylation sites (tertiary alicyclic amines) is 1. The summed E-state index contributed by atoms with van der Waals surface area (Å²) in [5, 5.41) is 3.08. The number of nitrogens with one attached hydrogen (secondary N) is 2. The van der Waals surface area contributed by atoms with Crippen molar-refractivity contribution in [1.29, 1.82) is 0 Å². The van der Waals surface area contributed by atoms with Gasteiger partial charge in [0.15, 0.2) is 0 Å². The molecule has 0 saturated carbocycles. The van der Waals surface area contributed by atoms with Crippen LogP contribution in [0.3, 0.4) is 0 Å². The molecule has 1 atom stereocenters. The first-order valence-electron chi connectivity index (χ1n) is 9.68. The van der Waals surface area contributed by atoms with E-state index >= 15 is 0 Å². The van der Waals surface area contributed by atoms with E-state index in [4.69, 9.17) is 0 Å². The van der Waals surface area contributed by atoms with Crippen LogP contribution in [0.5, 0.6) is 0 Å². The average molecular weight is 369 g/mol. The number of aromatic amines is 1. The molecule has 2 aliphatic rings. The zero-order valence-electron chi connectivity index (χ0n) is 15.8. The van der Waals surface area contributed by atoms with Crippen LogP contribution >= 0.6 is 0 Å². The van der Waals surface area contributed by atoms with Crippen molar-refractivity contribution in [1.82, 2.24) is 24.8 Å². The monoisotopic (exact) mass is 369 g/mol. The molecule has 1 spiro atoms. The lowest BCUT2D eigenvalue weighted by Gasteiger charge is -2.48. The van der Waals surface area contributed by atoms with Crippen LogP contribution in [-0.2, 0) is 11.2 Å². The van der Waals surface area contributed by atoms with Crippen LogP contribution in [0.4, 0.5) is 11.8 Å². The van der Waals surface area contributed by atoms with Crippen molar-refractivity contribution in [2.45, 2.75) is 32.1 Å². The van der Waals surface area contributed by atoms with E-state index < -0.39 is 0 Å². The van der Waals surface area contributed by atoms with Gasteiger partial charge in [-0.3, -0.25) is 4.79 Å². The highest BCUT2D eigenvalue weighted by atomic mass is 16.2. The maximum Gasteiger partial charge on any atom is 0.227 e. The number of aromatic nitrogens is 4. The molecule has 2 aromatic heterocycles. The number of carbonyl (C=O) groups excluding carboxylic acids is 1. The number of piperidine rings is 2. The van der Waals surface area contributed by atoms with Gasteiger partial charge in [-0.15, -0.1) is 0 Å². The third-order valence-corrected chi connectivity index (χ3v) is 5.80. The molecule has 4 rings (SSSR count). The number of carbonyl (C=O) groups is 1. The summed E-state index contributed by atoms with van der Waals surface area (Å²) in [4.78, 5) is 33.1. The number of nitrogens with zero attached hydrogens (tertiary/aromatic N) is 5. The summed E-state index contributed by atoms with van der Waals surface area (Å²) in [5.74, 6) is 1.88. The molecule has 2 aromatic rings. The van der Waals surface area contributed by atoms with Crippen LogP contribution in [0.1, 0.15) is 31.4 Å². The van der Waals surface area contributed by atoms with Crippen molar-refractivity contribution >= 4 is 17.7 Å². The Balaban J connectivity index is 1.45. The summed E-state index contributed by atoms with van der Waals surface area (Å²) < 4.78 is 0. The number of imidazole rings is 1. The predicted molar refractivity (Wildman–Crippen MR) is 104 cm³/mol. The van der Waals surface area contributed by atoms with Crippen molar-refractivity contribution in [3.05, 3.63) is 30.5 Å². The third-order valence-electron chi connectivity index (χ3n) is 5.80. The highest BCUT2D eigenvalue weighted by Crippen LogP contribution is 2.39. The first-order chi connectivity index (χ1) is 13.2. The van der Waals surface area contributed by atoms with Gasteiger partial charge in [0.1, 0.15) is 5.82 Å². The van der Waals surface area contributed by atoms with Crippen LogP contribution in [0.15, 0.2) is 24.8 Å². The Morgan fingerprint density at radius 1 is 1.33 bits per heavy atom. The molecule has 2 saturated heterocycles. The maximum atomic E-state index is 12.5. The largest absolute Gasteiger partial charge is 0.373 e. The molecule has 8 heteroatoms. The van der Waals surface area contributed by atoms with Crippen molar-refractivity contribution in [2.75, 3.05) is 43.4 Å². The van der Waals surface area contributed by atoms with Crippen molar-refractivity contribution in [2.24, 2.45) is 5.41 Å². The standard InChI is InChI=1S/C19H27N7O/c1-20-16-4-8-22-18(24-16)26-9-2-6-19(13-26)7-3-17(27)25(12-19)10-5-15-11-21-14-23-15/h4,8,11,14H,2-3,5-7,9-10,12-13H2,1H3,(H,21,23)(H,20,22,24). The number of hydrogen-bond donors (Lipinski definition) is 2. The maximum absolute atomic E-state index is 12.5. The van der Waals surface area contributed by atoms with Gasteiger partial charge in [-0.05, 0) is 25.3 Å². The smallest absolute Gasteiger partial charge is 0.227 e. The molecule has 0 bridgehead atoms. The third kappa shape index (κ3) is 3.89. The van der Waals surface area contributed by atoms with E-state index in [2.05, 4.69) is 30.2 Å². The van der Waals surface area contributed by atoms with Gasteiger partial charge in [0, 0.05) is 69.6 Å². The number of H-pyrrole nitrogens is 1. The minimum absolute atomic E-state index is 0.138. The Labute approximate surface area is 159 Å². The lowest BCUT2D eigenvalue weighted by Crippen LogP contribution is -2.54. The van der Waals surface area contributed by atoms with E-state index in [9.17, 15) is 4.79 Å². The van der Waals surface area contributed by atoms with Crippen molar-refractivity contribution in [3.63, 3.8) is 0 Å². The molecule has 8 nitrogen and oxygen atoms in total. The molecule has 4 heterocycles. The fourth-order valence-electron chi connectivity index (χ4n) is 4.33. The van der Waals surface area contributed by atoms with E-state index in [0.29, 0.717) is 6.42 Å². The zero-order chi connectivity index (χ0) is 18.7. The predicted octanol–water partition coefficient (Wildman–Crippen LogP) is 1.69. The molecule has 1 amide bonds. The zero-order valence-corrected chi connectivity index (χ0v) is 15.8. The van der Waals surface area contributed by atoms with Crippen molar-refractivity contribution < 1.29 is 4.79 Å². The first-order valence-corrected chi connectivity index (χ1v) is 9.68. The van der Waals surface area contributed by atoms with Gasteiger partial charge in [0.25, 0.3) is 0 Å². The first kappa shape index (κ1) is 17.8. The molecule has 0 aromatic carbocycles. The normalized spacial score (nSPS) is 23.1. The number of anilines is 2. The summed E-state index contributed by atoms with van der Waals surface area (Å²) >= 11 is 0. The minimum atomic E-state index is 0.138. The second-order valence-corrected chi connectivity index (χ2v) is 7.66. The van der Waals surface area contributed by atoms with Crippen LogP contribution in [0.2, 0.25) is 0 Å². The van der Waals surface area contributed by atoms with E-state index in [1.165, 1.54) is 0 Å². The van der Waals surface area contributed by atoms with Crippen LogP contribution in [-0.4, -0.2) is 64.0 Å². The van der Waals surface area contributed by atoms with Gasteiger partial charge in [0.2, 0.25) is 11.9 Å². The molecule has 2 fully saturated rings. The van der Waals surface area contributed by atoms with Gasteiger partial charge in [-0.2, -0.15) is 4.98 Å². The number of amides is 1. The van der Waals surface area contributed by atoms with Crippen molar-refractivity contribution in [3.8, 4) is 0 Å². The van der Waals surface area contributed by atoms with Gasteiger partial charge in [0.05, 0.1) is 6.33 Å². The molecule has 0 aliphatic carbocycles. The quantitative estimate of drug-likeness (QED) is 0.834. The number of hydrogen-bond acceptors (Lipinski definition) is 6. The Kier molecular flexibility index (Phi) is 4.96. The fourth-order valence-corrected chi connectivity index (χ4v) is 4.33. The topological polar surface area (TPSA) is 90.0 Å². The fraction of sp³-hybridized carbons (Fsp3) is 0.579. The second kappa shape index (κ2) is 7.54. The van der Waals surface area contributed by atoms with Gasteiger partial charge >= 0.3 is 0 Å². The molecule has 1 unspecified atom stereocenters. The Hall–Kier alpha value is -2.64. The Bertz CT molecular complexity index is 778. The SMILES string of the molecule is CNc1ccnc(N2CCCC3(CCC(=O)N(CCc4cnc[nH]4)C3)C2)n1. The Morgan fingerprint density at radius 3 is 3.07 bits per heavy atom. The summed E-state index contributed by atoms with van der Waals surface area (Å²) in [5.41, 5.74) is 1.21. The van der Waals surface area contributed by atoms with Crippen LogP contribution in [0, 0.1) is 5.41 Å². The number of rotatable bonds is 5.